The minimum absolute atomic E-state index is 0.0215. The van der Waals surface area contributed by atoms with Crippen LogP contribution in [0.2, 0.25) is 0 Å². The number of primary amides is 1. The van der Waals surface area contributed by atoms with Crippen LogP contribution in [0.5, 0.6) is 0 Å². The number of aromatic amines is 2. The van der Waals surface area contributed by atoms with Gasteiger partial charge in [-0.25, -0.2) is 10.4 Å². The Hall–Kier alpha value is -10.0. The number of para-hydroxylation sites is 1. The molecule has 0 radical (unpaired) electrons. The van der Waals surface area contributed by atoms with E-state index >= 15 is 0 Å². The number of rotatable bonds is 60. The highest BCUT2D eigenvalue weighted by Crippen LogP contribution is 2.21. The van der Waals surface area contributed by atoms with Crippen LogP contribution >= 0.6 is 0 Å². The molecule has 112 heavy (non-hydrogen) atoms. The predicted octanol–water partition coefficient (Wildman–Crippen LogP) is 7.26. The summed E-state index contributed by atoms with van der Waals surface area (Å²) in [5.41, 5.74) is 22.4. The van der Waals surface area contributed by atoms with E-state index in [-0.39, 0.29) is 76.1 Å². The van der Waals surface area contributed by atoms with E-state index in [1.807, 2.05) is 24.3 Å². The van der Waals surface area contributed by atoms with Crippen LogP contribution in [0.3, 0.4) is 0 Å². The molecule has 616 valence electrons. The number of hydrogen-bond donors (Lipinski definition) is 15. The van der Waals surface area contributed by atoms with E-state index in [0.29, 0.717) is 49.0 Å². The Labute approximate surface area is 661 Å². The zero-order valence-corrected chi connectivity index (χ0v) is 66.3. The summed E-state index contributed by atoms with van der Waals surface area (Å²) in [6.07, 6.45) is 44.7. The van der Waals surface area contributed by atoms with Gasteiger partial charge in [0.15, 0.2) is 5.96 Å². The van der Waals surface area contributed by atoms with Crippen LogP contribution in [-0.4, -0.2) is 167 Å². The minimum atomic E-state index is -1.53. The molecule has 2 aromatic heterocycles. The highest BCUT2D eigenvalue weighted by Gasteiger charge is 2.42. The lowest BCUT2D eigenvalue weighted by Crippen LogP contribution is -2.60. The molecule has 0 aliphatic carbocycles. The molecule has 10 amide bonds. The molecule has 0 bridgehead atoms. The Morgan fingerprint density at radius 2 is 1.03 bits per heavy atom. The van der Waals surface area contributed by atoms with Gasteiger partial charge in [-0.15, -0.1) is 0 Å². The monoisotopic (exact) mass is 1550 g/mol. The first-order valence-corrected chi connectivity index (χ1v) is 40.6. The lowest BCUT2D eigenvalue weighted by Gasteiger charge is -2.27. The summed E-state index contributed by atoms with van der Waals surface area (Å²) in [6.45, 7) is 6.09. The van der Waals surface area contributed by atoms with Gasteiger partial charge in [-0.05, 0) is 127 Å². The van der Waals surface area contributed by atoms with Crippen molar-refractivity contribution < 1.29 is 52.7 Å². The molecule has 7 atom stereocenters. The number of ether oxygens (including phenoxy) is 1. The van der Waals surface area contributed by atoms with E-state index in [2.05, 4.69) is 136 Å². The normalized spacial score (nSPS) is 15.0. The van der Waals surface area contributed by atoms with Crippen molar-refractivity contribution >= 4 is 75.9 Å². The topological polar surface area (TPSA) is 438 Å². The van der Waals surface area contributed by atoms with Gasteiger partial charge in [0.25, 0.3) is 11.8 Å². The number of unbranched alkanes of at least 4 members (excludes halogenated alkanes) is 16. The number of hydrazine groups is 1. The number of carbonyl (C=O) groups excluding carboxylic acids is 10. The van der Waals surface area contributed by atoms with Gasteiger partial charge in [-0.2, -0.15) is 5.01 Å². The Kier molecular flexibility index (Phi) is 46.5. The molecule has 1 saturated heterocycles. The molecule has 2 aromatic carbocycles. The van der Waals surface area contributed by atoms with E-state index in [9.17, 15) is 47.9 Å². The van der Waals surface area contributed by atoms with Crippen molar-refractivity contribution in [3.05, 3.63) is 139 Å². The number of carbonyl (C=O) groups is 10. The lowest BCUT2D eigenvalue weighted by atomic mass is 10.0. The standard InChI is InChI=1S/C83H128N18O11/c1-4-6-8-10-12-14-16-18-20-22-24-26-28-30-35-47-71(102)88-50-40-52-90-79(110)81-100-101(82(112-81)80(111)91-53-41-51-89-72(103)48-36-31-29-27-25-23-21-19-17-15-13-11-9-7-5-2)59-73(104)95-61(3)75(106)98-70(56-64-58-87-60-94-64)78(109)99-69(54-62-42-33-32-34-43-62)77(108)96-67(46-39-49-92-83(85)86)76(107)97-68(74(84)105)55-63-57-93-66-45-38-37-44-65(63)66/h12-15,18-21,32-34,37-38,42-45,57-58,60-61,67-70,81-82,93,100H,4-11,16-17,22-31,35-36,39-41,46-56,59H2,1-3H3,(H2,84,105)(H,87,94)(H,88,102)(H,89,103)(H,90,110)(H,91,111)(H,95,104)(H,96,108)(H,97,107)(H,98,106)(H,99,109)(H4,85,86,92)/b14-12-,15-13-,20-18-,21-19-/t61-,67-,68-,69+,70-,81?,82?/m0/s1. The molecule has 29 heteroatoms. The van der Waals surface area contributed by atoms with Crippen molar-refractivity contribution in [3.8, 4) is 0 Å². The largest absolute Gasteiger partial charge is 0.370 e. The third kappa shape index (κ3) is 39.3. The SMILES string of the molecule is CCCCC/C=C\C/C=C\CCCCCCCC(=O)NCCCNC(=O)C1NN(CC(=O)N[C@@H](C)C(=O)N[C@@H](Cc2cnc[nH]2)C(=O)N[C@H](Cc2ccccc2)C(=O)N[C@@H](CCCN=C(N)N)C(=O)N[C@@H](Cc2c[nH]c3ccccc23)C(N)=O)C(C(=O)NCCCNC(=O)CCCCCCC/C=C\C/C=C\CCCCC)O1. The average Bonchev–Trinajstić information content (AvgIpc) is 1.67. The second kappa shape index (κ2) is 56.2. The number of benzene rings is 2. The first-order valence-electron chi connectivity index (χ1n) is 40.6. The number of nitrogens with two attached hydrogens (primary N) is 3. The zero-order valence-electron chi connectivity index (χ0n) is 66.3. The Morgan fingerprint density at radius 3 is 1.60 bits per heavy atom. The van der Waals surface area contributed by atoms with Crippen LogP contribution in [0.1, 0.15) is 217 Å². The summed E-state index contributed by atoms with van der Waals surface area (Å²) in [6, 6.07) is 9.51. The van der Waals surface area contributed by atoms with E-state index < -0.39 is 96.5 Å². The van der Waals surface area contributed by atoms with Crippen LogP contribution < -0.4 is 70.5 Å². The number of fused-ring (bicyclic) bond motifs is 1. The van der Waals surface area contributed by atoms with Crippen molar-refractivity contribution in [2.75, 3.05) is 39.3 Å². The smallest absolute Gasteiger partial charge is 0.265 e. The summed E-state index contributed by atoms with van der Waals surface area (Å²) >= 11 is 0. The molecule has 5 rings (SSSR count). The maximum absolute atomic E-state index is 14.7. The number of hydrogen-bond acceptors (Lipinski definition) is 15. The number of nitrogens with one attached hydrogen (secondary N) is 12. The van der Waals surface area contributed by atoms with Gasteiger partial charge >= 0.3 is 0 Å². The summed E-state index contributed by atoms with van der Waals surface area (Å²) < 4.78 is 5.96. The summed E-state index contributed by atoms with van der Waals surface area (Å²) in [4.78, 5) is 152. The van der Waals surface area contributed by atoms with E-state index in [0.717, 1.165) is 119 Å². The second-order valence-corrected chi connectivity index (χ2v) is 28.5. The number of aromatic nitrogens is 3. The van der Waals surface area contributed by atoms with E-state index in [1.165, 1.54) is 58.0 Å². The molecular formula is C83H128N18O11. The Morgan fingerprint density at radius 1 is 0.518 bits per heavy atom. The predicted molar refractivity (Wildman–Crippen MR) is 437 cm³/mol. The first-order chi connectivity index (χ1) is 54.3. The summed E-state index contributed by atoms with van der Waals surface area (Å²) in [7, 11) is 0. The number of allylic oxidation sites excluding steroid dienone is 8. The molecule has 1 aliphatic rings. The molecule has 0 saturated carbocycles. The van der Waals surface area contributed by atoms with Gasteiger partial charge in [-0.3, -0.25) is 52.9 Å². The van der Waals surface area contributed by atoms with E-state index in [1.54, 1.807) is 36.5 Å². The number of imidazole rings is 1. The molecule has 29 nitrogen and oxygen atoms in total. The van der Waals surface area contributed by atoms with Gasteiger partial charge in [0.05, 0.1) is 12.9 Å². The van der Waals surface area contributed by atoms with Crippen LogP contribution in [0.25, 0.3) is 10.9 Å². The maximum Gasteiger partial charge on any atom is 0.265 e. The molecule has 1 aliphatic heterocycles. The van der Waals surface area contributed by atoms with Gasteiger partial charge in [0.1, 0.15) is 30.2 Å². The van der Waals surface area contributed by atoms with Crippen molar-refractivity contribution in [1.82, 2.24) is 73.2 Å². The van der Waals surface area contributed by atoms with Crippen molar-refractivity contribution in [1.29, 1.82) is 0 Å². The first kappa shape index (κ1) is 92.6. The fourth-order valence-electron chi connectivity index (χ4n) is 12.5. The molecule has 1 fully saturated rings. The molecule has 4 aromatic rings. The lowest BCUT2D eigenvalue weighted by molar-refractivity contribution is -0.144. The van der Waals surface area contributed by atoms with Crippen LogP contribution in [0.15, 0.2) is 127 Å². The number of nitrogens with zero attached hydrogens (tertiary/aromatic N) is 3. The van der Waals surface area contributed by atoms with Crippen molar-refractivity contribution in [3.63, 3.8) is 0 Å². The molecule has 0 spiro atoms. The number of guanidine groups is 1. The Balaban J connectivity index is 1.17. The van der Waals surface area contributed by atoms with Gasteiger partial charge in [0.2, 0.25) is 59.7 Å². The van der Waals surface area contributed by atoms with Gasteiger partial charge in [-0.1, -0.05) is 175 Å². The van der Waals surface area contributed by atoms with Crippen LogP contribution in [-0.2, 0) is 71.9 Å². The third-order valence-electron chi connectivity index (χ3n) is 18.9. The highest BCUT2D eigenvalue weighted by molar-refractivity contribution is 5.97. The minimum Gasteiger partial charge on any atom is -0.370 e. The van der Waals surface area contributed by atoms with Crippen molar-refractivity contribution in [2.45, 2.75) is 262 Å². The van der Waals surface area contributed by atoms with Crippen LogP contribution in [0, 0.1) is 0 Å². The van der Waals surface area contributed by atoms with Crippen LogP contribution in [0.4, 0.5) is 0 Å². The molecular weight excluding hydrogens is 1430 g/mol. The van der Waals surface area contributed by atoms with Gasteiger partial charge in [0, 0.05) is 93.8 Å². The van der Waals surface area contributed by atoms with E-state index in [4.69, 9.17) is 21.9 Å². The third-order valence-corrected chi connectivity index (χ3v) is 18.9. The number of H-pyrrole nitrogens is 2. The zero-order chi connectivity index (χ0) is 80.8. The van der Waals surface area contributed by atoms with Crippen molar-refractivity contribution in [2.24, 2.45) is 22.2 Å². The maximum atomic E-state index is 14.7. The fraction of sp³-hybridized carbons (Fsp3) is 0.566. The molecule has 18 N–H and O–H groups in total. The second-order valence-electron chi connectivity index (χ2n) is 28.5. The van der Waals surface area contributed by atoms with Gasteiger partial charge < -0.3 is 79.8 Å². The number of amides is 10. The highest BCUT2D eigenvalue weighted by atomic mass is 16.6. The number of aliphatic imine (C=N–C) groups is 1. The summed E-state index contributed by atoms with van der Waals surface area (Å²) in [5, 5.41) is 26.8. The average molecular weight is 1550 g/mol. The molecule has 3 heterocycles. The quantitative estimate of drug-likeness (QED) is 0.00894. The summed E-state index contributed by atoms with van der Waals surface area (Å²) in [5.74, 6) is -6.56. The fourth-order valence-corrected chi connectivity index (χ4v) is 12.5. The molecule has 2 unspecified atom stereocenters. The Bertz CT molecular complexity index is 3590.